The van der Waals surface area contributed by atoms with Gasteiger partial charge in [-0.25, -0.2) is 4.57 Å². The van der Waals surface area contributed by atoms with Crippen LogP contribution in [0.5, 0.6) is 0 Å². The molecule has 1 unspecified atom stereocenters. The molecule has 0 rings (SSSR count). The lowest BCUT2D eigenvalue weighted by atomic mass is 10.0. The summed E-state index contributed by atoms with van der Waals surface area (Å²) < 4.78 is 15.6. The summed E-state index contributed by atoms with van der Waals surface area (Å²) in [4.78, 5) is 17.7. The van der Waals surface area contributed by atoms with Gasteiger partial charge in [0.1, 0.15) is 0 Å². The van der Waals surface area contributed by atoms with Crippen LogP contribution in [0.2, 0.25) is 0 Å². The topological polar surface area (TPSA) is 66.8 Å². The Bertz CT molecular complexity index is 288. The molecule has 0 aromatic carbocycles. The highest BCUT2D eigenvalue weighted by atomic mass is 31.2. The maximum atomic E-state index is 10.8. The van der Waals surface area contributed by atoms with Crippen LogP contribution in [0.15, 0.2) is 12.7 Å². The summed E-state index contributed by atoms with van der Waals surface area (Å²) in [6.45, 7) is 5.83. The maximum Gasteiger partial charge on any atom is 0.469 e. The van der Waals surface area contributed by atoms with Crippen molar-refractivity contribution in [1.29, 1.82) is 0 Å². The summed E-state index contributed by atoms with van der Waals surface area (Å²) in [5.74, 6) is 0. The molecule has 0 bridgehead atoms. The zero-order valence-electron chi connectivity index (χ0n) is 13.5. The minimum atomic E-state index is -4.38. The van der Waals surface area contributed by atoms with Crippen molar-refractivity contribution in [2.45, 2.75) is 90.1 Å². The molecule has 0 aliphatic rings. The minimum Gasteiger partial charge on any atom is -0.303 e. The second-order valence-corrected chi connectivity index (χ2v) is 6.91. The van der Waals surface area contributed by atoms with Crippen molar-refractivity contribution in [1.82, 2.24) is 0 Å². The van der Waals surface area contributed by atoms with E-state index in [0.717, 1.165) is 12.8 Å². The van der Waals surface area contributed by atoms with E-state index in [0.29, 0.717) is 12.8 Å². The van der Waals surface area contributed by atoms with Gasteiger partial charge in [-0.15, -0.1) is 6.58 Å². The lowest BCUT2D eigenvalue weighted by Gasteiger charge is -2.16. The average molecular weight is 320 g/mol. The molecule has 0 aliphatic heterocycles. The van der Waals surface area contributed by atoms with Gasteiger partial charge in [0.25, 0.3) is 0 Å². The molecular weight excluding hydrogens is 287 g/mol. The van der Waals surface area contributed by atoms with E-state index in [1.807, 2.05) is 0 Å². The lowest BCUT2D eigenvalue weighted by molar-refractivity contribution is 0.126. The monoisotopic (exact) mass is 320 g/mol. The van der Waals surface area contributed by atoms with Crippen LogP contribution in [0.4, 0.5) is 0 Å². The third-order valence-corrected chi connectivity index (χ3v) is 4.17. The first kappa shape index (κ1) is 20.9. The van der Waals surface area contributed by atoms with Gasteiger partial charge in [-0.1, -0.05) is 77.2 Å². The first-order valence-electron chi connectivity index (χ1n) is 8.34. The summed E-state index contributed by atoms with van der Waals surface area (Å²) >= 11 is 0. The Morgan fingerprint density at radius 1 is 1.00 bits per heavy atom. The molecule has 1 atom stereocenters. The van der Waals surface area contributed by atoms with Gasteiger partial charge in [0.05, 0.1) is 6.10 Å². The van der Waals surface area contributed by atoms with Crippen molar-refractivity contribution in [2.75, 3.05) is 0 Å². The number of phosphoric ester groups is 1. The molecule has 0 spiro atoms. The second-order valence-electron chi connectivity index (χ2n) is 5.71. The Kier molecular flexibility index (Phi) is 13.4. The lowest BCUT2D eigenvalue weighted by Crippen LogP contribution is -2.10. The SMILES string of the molecule is C=CCC(CCCCCCCCCCCC)OP(=O)(O)O. The van der Waals surface area contributed by atoms with Crippen molar-refractivity contribution < 1.29 is 18.9 Å². The van der Waals surface area contributed by atoms with Crippen molar-refractivity contribution in [3.05, 3.63) is 12.7 Å². The van der Waals surface area contributed by atoms with Crippen molar-refractivity contribution in [2.24, 2.45) is 0 Å². The summed E-state index contributed by atoms with van der Waals surface area (Å²) in [5.41, 5.74) is 0. The van der Waals surface area contributed by atoms with E-state index in [9.17, 15) is 4.57 Å². The van der Waals surface area contributed by atoms with Crippen LogP contribution >= 0.6 is 7.82 Å². The van der Waals surface area contributed by atoms with Crippen molar-refractivity contribution >= 4 is 7.82 Å². The first-order valence-corrected chi connectivity index (χ1v) is 9.87. The van der Waals surface area contributed by atoms with E-state index >= 15 is 0 Å². The maximum absolute atomic E-state index is 10.8. The average Bonchev–Trinajstić information content (AvgIpc) is 2.39. The van der Waals surface area contributed by atoms with Gasteiger partial charge in [0.15, 0.2) is 0 Å². The molecule has 4 nitrogen and oxygen atoms in total. The van der Waals surface area contributed by atoms with Crippen molar-refractivity contribution in [3.8, 4) is 0 Å². The van der Waals surface area contributed by atoms with Gasteiger partial charge < -0.3 is 9.79 Å². The van der Waals surface area contributed by atoms with E-state index in [-0.39, 0.29) is 0 Å². The molecular formula is C16H33O4P. The second kappa shape index (κ2) is 13.5. The van der Waals surface area contributed by atoms with Crippen LogP contribution in [0, 0.1) is 0 Å². The fourth-order valence-corrected chi connectivity index (χ4v) is 3.03. The molecule has 0 saturated heterocycles. The van der Waals surface area contributed by atoms with Gasteiger partial charge >= 0.3 is 7.82 Å². The van der Waals surface area contributed by atoms with E-state index in [4.69, 9.17) is 14.3 Å². The largest absolute Gasteiger partial charge is 0.469 e. The van der Waals surface area contributed by atoms with Gasteiger partial charge in [-0.05, 0) is 12.8 Å². The molecule has 0 saturated carbocycles. The quantitative estimate of drug-likeness (QED) is 0.242. The smallest absolute Gasteiger partial charge is 0.303 e. The zero-order valence-corrected chi connectivity index (χ0v) is 14.4. The zero-order chi connectivity index (χ0) is 16.0. The Balaban J connectivity index is 3.49. The summed E-state index contributed by atoms with van der Waals surface area (Å²) in [7, 11) is -4.38. The van der Waals surface area contributed by atoms with Crippen LogP contribution < -0.4 is 0 Å². The van der Waals surface area contributed by atoms with Crippen LogP contribution in [0.3, 0.4) is 0 Å². The molecule has 126 valence electrons. The third kappa shape index (κ3) is 16.1. The summed E-state index contributed by atoms with van der Waals surface area (Å²) in [5, 5.41) is 0. The van der Waals surface area contributed by atoms with E-state index < -0.39 is 13.9 Å². The highest BCUT2D eigenvalue weighted by Gasteiger charge is 2.20. The molecule has 2 N–H and O–H groups in total. The minimum absolute atomic E-state index is 0.405. The van der Waals surface area contributed by atoms with Gasteiger partial charge in [0.2, 0.25) is 0 Å². The summed E-state index contributed by atoms with van der Waals surface area (Å²) in [6, 6.07) is 0. The number of unbranched alkanes of at least 4 members (excludes halogenated alkanes) is 9. The van der Waals surface area contributed by atoms with Crippen molar-refractivity contribution in [3.63, 3.8) is 0 Å². The predicted molar refractivity (Wildman–Crippen MR) is 88.2 cm³/mol. The van der Waals surface area contributed by atoms with Crippen LogP contribution in [0.1, 0.15) is 84.0 Å². The van der Waals surface area contributed by atoms with Gasteiger partial charge in [-0.3, -0.25) is 4.52 Å². The van der Waals surface area contributed by atoms with E-state index in [1.165, 1.54) is 51.4 Å². The van der Waals surface area contributed by atoms with Gasteiger partial charge in [0, 0.05) is 0 Å². The molecule has 0 heterocycles. The highest BCUT2D eigenvalue weighted by Crippen LogP contribution is 2.39. The van der Waals surface area contributed by atoms with E-state index in [1.54, 1.807) is 6.08 Å². The third-order valence-electron chi connectivity index (χ3n) is 3.60. The summed E-state index contributed by atoms with van der Waals surface area (Å²) in [6.07, 6.45) is 14.9. The molecule has 0 aromatic heterocycles. The predicted octanol–water partition coefficient (Wildman–Crippen LogP) is 5.35. The Morgan fingerprint density at radius 3 is 1.90 bits per heavy atom. The highest BCUT2D eigenvalue weighted by molar-refractivity contribution is 7.46. The fourth-order valence-electron chi connectivity index (χ4n) is 2.45. The number of rotatable bonds is 15. The number of hydrogen-bond donors (Lipinski definition) is 2. The number of phosphoric acid groups is 1. The molecule has 0 amide bonds. The van der Waals surface area contributed by atoms with Crippen LogP contribution in [-0.2, 0) is 9.09 Å². The molecule has 0 aliphatic carbocycles. The molecule has 0 radical (unpaired) electrons. The fraction of sp³-hybridized carbons (Fsp3) is 0.875. The van der Waals surface area contributed by atoms with E-state index in [2.05, 4.69) is 13.5 Å². The van der Waals surface area contributed by atoms with Gasteiger partial charge in [-0.2, -0.15) is 0 Å². The van der Waals surface area contributed by atoms with Crippen LogP contribution in [-0.4, -0.2) is 15.9 Å². The molecule has 21 heavy (non-hydrogen) atoms. The standard InChI is InChI=1S/C16H33O4P/c1-3-5-6-7-8-9-10-11-12-13-15-16(14-4-2)20-21(17,18)19/h4,16H,2-3,5-15H2,1H3,(H2,17,18,19). The molecule has 0 fully saturated rings. The molecule has 0 aromatic rings. The molecule has 5 heteroatoms. The number of hydrogen-bond acceptors (Lipinski definition) is 2. The normalized spacial score (nSPS) is 13.3. The van der Waals surface area contributed by atoms with Crippen LogP contribution in [0.25, 0.3) is 0 Å². The Hall–Kier alpha value is -0.150. The Morgan fingerprint density at radius 2 is 1.48 bits per heavy atom. The Labute approximate surface area is 130 Å². The first-order chi connectivity index (χ1) is 9.99.